The largest absolute Gasteiger partial charge is 0.465 e. The van der Waals surface area contributed by atoms with Crippen molar-refractivity contribution in [2.75, 3.05) is 19.8 Å². The van der Waals surface area contributed by atoms with Gasteiger partial charge in [-0.25, -0.2) is 0 Å². The monoisotopic (exact) mass is 582 g/mol. The first-order chi connectivity index (χ1) is 19.3. The van der Waals surface area contributed by atoms with E-state index in [1.54, 1.807) is 13.8 Å². The number of epoxide rings is 1. The first kappa shape index (κ1) is 30.7. The minimum atomic E-state index is -1.21. The van der Waals surface area contributed by atoms with Crippen molar-refractivity contribution in [1.82, 2.24) is 0 Å². The van der Waals surface area contributed by atoms with Gasteiger partial charge in [-0.2, -0.15) is 0 Å². The molecule has 0 bridgehead atoms. The Hall–Kier alpha value is -1.79. The van der Waals surface area contributed by atoms with Crippen molar-refractivity contribution >= 4 is 17.9 Å². The van der Waals surface area contributed by atoms with Gasteiger partial charge in [0.05, 0.1) is 30.1 Å². The lowest BCUT2D eigenvalue weighted by atomic mass is 9.41. The molecular weight excluding hydrogens is 536 g/mol. The second-order valence-corrected chi connectivity index (χ2v) is 13.2. The van der Waals surface area contributed by atoms with E-state index in [9.17, 15) is 19.5 Å². The highest BCUT2D eigenvalue weighted by Crippen LogP contribution is 2.70. The van der Waals surface area contributed by atoms with Gasteiger partial charge < -0.3 is 38.3 Å². The molecule has 3 saturated heterocycles. The SMILES string of the molecule is CCOC1CC2CC(C3(C)C(C)CC(OC(C)=O)C4(COC(C)=O)C3CC(O)C(OC(=O)C(C)C)C43CO3)OC2O1. The van der Waals surface area contributed by atoms with Crippen LogP contribution in [0, 0.1) is 34.5 Å². The van der Waals surface area contributed by atoms with Gasteiger partial charge in [0.25, 0.3) is 0 Å². The van der Waals surface area contributed by atoms with Gasteiger partial charge in [-0.1, -0.05) is 27.7 Å². The molecular formula is C30H46O11. The van der Waals surface area contributed by atoms with Gasteiger partial charge >= 0.3 is 17.9 Å². The van der Waals surface area contributed by atoms with E-state index in [4.69, 9.17) is 33.2 Å². The van der Waals surface area contributed by atoms with Gasteiger partial charge in [-0.05, 0) is 38.0 Å². The summed E-state index contributed by atoms with van der Waals surface area (Å²) < 4.78 is 42.4. The third-order valence-electron chi connectivity index (χ3n) is 10.7. The zero-order valence-corrected chi connectivity index (χ0v) is 25.3. The fourth-order valence-electron chi connectivity index (χ4n) is 8.47. The molecule has 5 rings (SSSR count). The van der Waals surface area contributed by atoms with Gasteiger partial charge in [0.1, 0.15) is 18.3 Å². The molecule has 0 aromatic heterocycles. The van der Waals surface area contributed by atoms with Crippen molar-refractivity contribution in [3.05, 3.63) is 0 Å². The van der Waals surface area contributed by atoms with E-state index in [1.807, 2.05) is 6.92 Å². The quantitative estimate of drug-likeness (QED) is 0.257. The summed E-state index contributed by atoms with van der Waals surface area (Å²) in [4.78, 5) is 37.6. The van der Waals surface area contributed by atoms with E-state index < -0.39 is 64.9 Å². The molecule has 0 radical (unpaired) electrons. The average Bonchev–Trinajstić information content (AvgIpc) is 3.44. The maximum Gasteiger partial charge on any atom is 0.308 e. The Morgan fingerprint density at radius 3 is 2.29 bits per heavy atom. The fourth-order valence-corrected chi connectivity index (χ4v) is 8.47. The summed E-state index contributed by atoms with van der Waals surface area (Å²) in [6.45, 7) is 13.0. The molecule has 3 aliphatic heterocycles. The maximum atomic E-state index is 12.8. The number of hydrogen-bond donors (Lipinski definition) is 1. The summed E-state index contributed by atoms with van der Waals surface area (Å²) in [5.41, 5.74) is -2.86. The highest BCUT2D eigenvalue weighted by Gasteiger charge is 2.81. The number of aliphatic hydroxyl groups excluding tert-OH is 1. The third-order valence-corrected chi connectivity index (χ3v) is 10.7. The van der Waals surface area contributed by atoms with Crippen LogP contribution >= 0.6 is 0 Å². The Bertz CT molecular complexity index is 1010. The minimum Gasteiger partial charge on any atom is -0.465 e. The van der Waals surface area contributed by atoms with E-state index in [0.29, 0.717) is 13.0 Å². The van der Waals surface area contributed by atoms with E-state index in [1.165, 1.54) is 13.8 Å². The van der Waals surface area contributed by atoms with Crippen molar-refractivity contribution in [3.63, 3.8) is 0 Å². The standard InChI is InChI=1S/C30H46O11/c1-8-35-24-11-19-10-22(39-27(19)40-24)28(7)16(4)9-23(38-18(6)32)29(13-36-17(5)31)21(28)12-20(33)25(30(29)14-37-30)41-26(34)15(2)3/h15-16,19-25,27,33H,8-14H2,1-7H3. The smallest absolute Gasteiger partial charge is 0.308 e. The molecule has 2 aliphatic carbocycles. The van der Waals surface area contributed by atoms with Crippen LogP contribution in [0.25, 0.3) is 0 Å². The van der Waals surface area contributed by atoms with Crippen molar-refractivity contribution < 1.29 is 52.6 Å². The molecule has 0 aromatic carbocycles. The number of carbonyl (C=O) groups is 3. The minimum absolute atomic E-state index is 0.00779. The molecule has 11 nitrogen and oxygen atoms in total. The van der Waals surface area contributed by atoms with E-state index >= 15 is 0 Å². The zero-order valence-electron chi connectivity index (χ0n) is 25.3. The summed E-state index contributed by atoms with van der Waals surface area (Å²) in [7, 11) is 0. The van der Waals surface area contributed by atoms with E-state index in [2.05, 4.69) is 13.8 Å². The Balaban J connectivity index is 1.58. The summed E-state index contributed by atoms with van der Waals surface area (Å²) in [6.07, 6.45) is -1.54. The lowest BCUT2D eigenvalue weighted by Gasteiger charge is -2.65. The number of hydrogen-bond acceptors (Lipinski definition) is 11. The van der Waals surface area contributed by atoms with Crippen LogP contribution in [0.2, 0.25) is 0 Å². The lowest BCUT2D eigenvalue weighted by molar-refractivity contribution is -0.290. The maximum absolute atomic E-state index is 12.8. The van der Waals surface area contributed by atoms with Crippen LogP contribution in [-0.2, 0) is 47.5 Å². The highest BCUT2D eigenvalue weighted by molar-refractivity contribution is 5.72. The molecule has 232 valence electrons. The second-order valence-electron chi connectivity index (χ2n) is 13.2. The number of fused-ring (bicyclic) bond motifs is 3. The normalized spacial score (nSPS) is 46.6. The molecule has 3 heterocycles. The topological polar surface area (TPSA) is 139 Å². The van der Waals surface area contributed by atoms with Crippen LogP contribution in [0.15, 0.2) is 0 Å². The fraction of sp³-hybridized carbons (Fsp3) is 0.900. The molecule has 0 aromatic rings. The molecule has 0 amide bonds. The van der Waals surface area contributed by atoms with Crippen molar-refractivity contribution in [2.24, 2.45) is 34.5 Å². The summed E-state index contributed by atoms with van der Waals surface area (Å²) in [5, 5.41) is 11.6. The molecule has 5 fully saturated rings. The van der Waals surface area contributed by atoms with Crippen molar-refractivity contribution in [3.8, 4) is 0 Å². The van der Waals surface area contributed by atoms with Crippen LogP contribution in [0.4, 0.5) is 0 Å². The lowest BCUT2D eigenvalue weighted by Crippen LogP contribution is -2.74. The highest BCUT2D eigenvalue weighted by atomic mass is 16.8. The molecule has 1 N–H and O–H groups in total. The number of ether oxygens (including phenoxy) is 7. The van der Waals surface area contributed by atoms with Gasteiger partial charge in [-0.15, -0.1) is 0 Å². The van der Waals surface area contributed by atoms with Crippen LogP contribution in [0.5, 0.6) is 0 Å². The number of aliphatic hydroxyl groups is 1. The van der Waals surface area contributed by atoms with Crippen LogP contribution in [0.3, 0.4) is 0 Å². The van der Waals surface area contributed by atoms with Crippen LogP contribution in [0.1, 0.15) is 74.1 Å². The number of esters is 3. The molecule has 12 atom stereocenters. The Labute approximate surface area is 241 Å². The van der Waals surface area contributed by atoms with Gasteiger partial charge in [0.15, 0.2) is 18.7 Å². The van der Waals surface area contributed by atoms with Crippen LogP contribution < -0.4 is 0 Å². The third kappa shape index (κ3) is 4.89. The van der Waals surface area contributed by atoms with Crippen molar-refractivity contribution in [2.45, 2.75) is 117 Å². The molecule has 41 heavy (non-hydrogen) atoms. The van der Waals surface area contributed by atoms with Gasteiger partial charge in [0, 0.05) is 38.2 Å². The van der Waals surface area contributed by atoms with E-state index in [-0.39, 0.29) is 49.8 Å². The molecule has 5 aliphatic rings. The number of carbonyl (C=O) groups excluding carboxylic acids is 3. The average molecular weight is 583 g/mol. The molecule has 12 unspecified atom stereocenters. The Morgan fingerprint density at radius 1 is 1.02 bits per heavy atom. The summed E-state index contributed by atoms with van der Waals surface area (Å²) >= 11 is 0. The van der Waals surface area contributed by atoms with E-state index in [0.717, 1.165) is 12.8 Å². The van der Waals surface area contributed by atoms with Crippen LogP contribution in [-0.4, -0.2) is 85.4 Å². The molecule has 11 heteroatoms. The van der Waals surface area contributed by atoms with Crippen molar-refractivity contribution in [1.29, 1.82) is 0 Å². The van der Waals surface area contributed by atoms with Gasteiger partial charge in [0.2, 0.25) is 0 Å². The molecule has 1 spiro atoms. The summed E-state index contributed by atoms with van der Waals surface area (Å²) in [5.74, 6) is -2.06. The predicted octanol–water partition coefficient (Wildman–Crippen LogP) is 2.75. The Kier molecular flexibility index (Phi) is 8.26. The predicted molar refractivity (Wildman–Crippen MR) is 142 cm³/mol. The first-order valence-electron chi connectivity index (χ1n) is 15.1. The molecule has 2 saturated carbocycles. The first-order valence-corrected chi connectivity index (χ1v) is 15.1. The second kappa shape index (κ2) is 11.0. The zero-order chi connectivity index (χ0) is 29.9. The number of rotatable bonds is 8. The summed E-state index contributed by atoms with van der Waals surface area (Å²) in [6, 6.07) is 0. The van der Waals surface area contributed by atoms with Gasteiger partial charge in [-0.3, -0.25) is 14.4 Å². The Morgan fingerprint density at radius 2 is 1.73 bits per heavy atom.